The minimum absolute atomic E-state index is 0.164. The molecule has 0 heterocycles. The molecule has 0 aliphatic carbocycles. The minimum Gasteiger partial charge on any atom is -0.497 e. The lowest BCUT2D eigenvalue weighted by Gasteiger charge is -2.13. The van der Waals surface area contributed by atoms with Crippen LogP contribution in [0.15, 0.2) is 72.8 Å². The van der Waals surface area contributed by atoms with Crippen LogP contribution < -0.4 is 19.5 Å². The van der Waals surface area contributed by atoms with E-state index in [0.29, 0.717) is 29.4 Å². The number of methoxy groups -OCH3 is 1. The standard InChI is InChI=1S/C29H33NO5/c1-3-4-5-6-7-11-20-34-25-18-19-27(26(21-25)28(31)22-12-9-8-10-13-22)35-29(32)30-23-14-16-24(33-2)17-15-23/h8-10,12-19,21H,3-7,11,20H2,1-2H3,(H,30,32). The monoisotopic (exact) mass is 475 g/mol. The van der Waals surface area contributed by atoms with Crippen molar-refractivity contribution in [1.29, 1.82) is 0 Å². The zero-order valence-electron chi connectivity index (χ0n) is 20.4. The lowest BCUT2D eigenvalue weighted by atomic mass is 10.0. The molecule has 0 aliphatic heterocycles. The summed E-state index contributed by atoms with van der Waals surface area (Å²) in [6.07, 6.45) is 6.30. The quantitative estimate of drug-likeness (QED) is 0.208. The molecular weight excluding hydrogens is 442 g/mol. The third kappa shape index (κ3) is 8.18. The van der Waals surface area contributed by atoms with E-state index in [1.54, 1.807) is 73.8 Å². The highest BCUT2D eigenvalue weighted by Crippen LogP contribution is 2.28. The number of ketones is 1. The van der Waals surface area contributed by atoms with Gasteiger partial charge in [0.2, 0.25) is 0 Å². The van der Waals surface area contributed by atoms with Gasteiger partial charge >= 0.3 is 6.09 Å². The van der Waals surface area contributed by atoms with Crippen LogP contribution in [0.4, 0.5) is 10.5 Å². The van der Waals surface area contributed by atoms with Gasteiger partial charge < -0.3 is 14.2 Å². The van der Waals surface area contributed by atoms with Gasteiger partial charge in [0.15, 0.2) is 5.78 Å². The van der Waals surface area contributed by atoms with Crippen molar-refractivity contribution in [2.45, 2.75) is 45.4 Å². The molecule has 6 heteroatoms. The molecule has 0 aliphatic rings. The molecule has 0 saturated heterocycles. The average molecular weight is 476 g/mol. The number of benzene rings is 3. The van der Waals surface area contributed by atoms with Crippen LogP contribution in [0.1, 0.15) is 61.4 Å². The van der Waals surface area contributed by atoms with Crippen LogP contribution in [-0.2, 0) is 0 Å². The van der Waals surface area contributed by atoms with E-state index in [-0.39, 0.29) is 17.1 Å². The van der Waals surface area contributed by atoms with Gasteiger partial charge in [-0.05, 0) is 48.9 Å². The third-order valence-corrected chi connectivity index (χ3v) is 5.54. The second-order valence-corrected chi connectivity index (χ2v) is 8.21. The lowest BCUT2D eigenvalue weighted by Crippen LogP contribution is -2.18. The number of rotatable bonds is 13. The predicted octanol–water partition coefficient (Wildman–Crippen LogP) is 7.28. The molecular formula is C29H33NO5. The van der Waals surface area contributed by atoms with Crippen molar-refractivity contribution < 1.29 is 23.8 Å². The van der Waals surface area contributed by atoms with E-state index >= 15 is 0 Å². The fourth-order valence-corrected chi connectivity index (χ4v) is 3.60. The van der Waals surface area contributed by atoms with Gasteiger partial charge in [0.25, 0.3) is 0 Å². The number of carbonyl (C=O) groups excluding carboxylic acids is 2. The van der Waals surface area contributed by atoms with E-state index in [0.717, 1.165) is 12.8 Å². The van der Waals surface area contributed by atoms with Crippen LogP contribution in [0, 0.1) is 0 Å². The summed E-state index contributed by atoms with van der Waals surface area (Å²) < 4.78 is 16.6. The number of hydrogen-bond donors (Lipinski definition) is 1. The predicted molar refractivity (Wildman–Crippen MR) is 138 cm³/mol. The molecule has 0 aromatic heterocycles. The Bertz CT molecular complexity index is 1080. The number of ether oxygens (including phenoxy) is 3. The fourth-order valence-electron chi connectivity index (χ4n) is 3.60. The first-order valence-electron chi connectivity index (χ1n) is 12.1. The molecule has 35 heavy (non-hydrogen) atoms. The maximum atomic E-state index is 13.2. The summed E-state index contributed by atoms with van der Waals surface area (Å²) in [6.45, 7) is 2.77. The van der Waals surface area contributed by atoms with Crippen molar-refractivity contribution in [1.82, 2.24) is 0 Å². The summed E-state index contributed by atoms with van der Waals surface area (Å²) in [5, 5.41) is 2.67. The number of carbonyl (C=O) groups is 2. The van der Waals surface area contributed by atoms with Gasteiger partial charge in [0.05, 0.1) is 19.3 Å². The smallest absolute Gasteiger partial charge is 0.417 e. The Kier molecular flexibility index (Phi) is 10.2. The van der Waals surface area contributed by atoms with Crippen molar-refractivity contribution in [2.75, 3.05) is 19.0 Å². The van der Waals surface area contributed by atoms with Gasteiger partial charge in [-0.3, -0.25) is 10.1 Å². The first kappa shape index (κ1) is 25.8. The van der Waals surface area contributed by atoms with Crippen LogP contribution in [0.2, 0.25) is 0 Å². The van der Waals surface area contributed by atoms with Crippen molar-refractivity contribution in [3.05, 3.63) is 83.9 Å². The number of hydrogen-bond acceptors (Lipinski definition) is 5. The Hall–Kier alpha value is -3.80. The summed E-state index contributed by atoms with van der Waals surface area (Å²) >= 11 is 0. The molecule has 1 N–H and O–H groups in total. The second kappa shape index (κ2) is 13.8. The summed E-state index contributed by atoms with van der Waals surface area (Å²) in [5.41, 5.74) is 1.31. The third-order valence-electron chi connectivity index (χ3n) is 5.54. The molecule has 0 saturated carbocycles. The minimum atomic E-state index is -0.696. The molecule has 0 unspecified atom stereocenters. The Morgan fingerprint density at radius 3 is 2.20 bits per heavy atom. The molecule has 0 fully saturated rings. The zero-order valence-corrected chi connectivity index (χ0v) is 20.4. The van der Waals surface area contributed by atoms with E-state index < -0.39 is 6.09 Å². The van der Waals surface area contributed by atoms with E-state index in [9.17, 15) is 9.59 Å². The zero-order chi connectivity index (χ0) is 24.9. The Morgan fingerprint density at radius 1 is 0.800 bits per heavy atom. The van der Waals surface area contributed by atoms with Gasteiger partial charge in [-0.25, -0.2) is 4.79 Å². The Labute approximate surface area is 207 Å². The second-order valence-electron chi connectivity index (χ2n) is 8.21. The molecule has 0 atom stereocenters. The summed E-state index contributed by atoms with van der Waals surface area (Å²) in [5.74, 6) is 1.16. The molecule has 0 spiro atoms. The van der Waals surface area contributed by atoms with Crippen LogP contribution in [-0.4, -0.2) is 25.6 Å². The summed E-state index contributed by atoms with van der Waals surface area (Å²) in [7, 11) is 1.57. The van der Waals surface area contributed by atoms with E-state index in [2.05, 4.69) is 12.2 Å². The molecule has 3 aromatic rings. The van der Waals surface area contributed by atoms with Crippen molar-refractivity contribution in [3.8, 4) is 17.2 Å². The largest absolute Gasteiger partial charge is 0.497 e. The first-order chi connectivity index (χ1) is 17.1. The average Bonchev–Trinajstić information content (AvgIpc) is 2.89. The van der Waals surface area contributed by atoms with Crippen LogP contribution in [0.3, 0.4) is 0 Å². The Balaban J connectivity index is 1.70. The highest BCUT2D eigenvalue weighted by Gasteiger charge is 2.18. The maximum absolute atomic E-state index is 13.2. The molecule has 6 nitrogen and oxygen atoms in total. The van der Waals surface area contributed by atoms with Crippen molar-refractivity contribution in [3.63, 3.8) is 0 Å². The first-order valence-corrected chi connectivity index (χ1v) is 12.1. The normalized spacial score (nSPS) is 10.5. The van der Waals surface area contributed by atoms with E-state index in [1.807, 2.05) is 6.07 Å². The molecule has 3 aromatic carbocycles. The Morgan fingerprint density at radius 2 is 1.49 bits per heavy atom. The summed E-state index contributed by atoms with van der Waals surface area (Å²) in [4.78, 5) is 25.8. The molecule has 0 radical (unpaired) electrons. The SMILES string of the molecule is CCCCCCCCOc1ccc(OC(=O)Nc2ccc(OC)cc2)c(C(=O)c2ccccc2)c1. The maximum Gasteiger partial charge on any atom is 0.417 e. The molecule has 0 bridgehead atoms. The van der Waals surface area contributed by atoms with Crippen LogP contribution >= 0.6 is 0 Å². The van der Waals surface area contributed by atoms with Gasteiger partial charge in [0.1, 0.15) is 17.2 Å². The van der Waals surface area contributed by atoms with Crippen molar-refractivity contribution >= 4 is 17.6 Å². The number of amides is 1. The topological polar surface area (TPSA) is 73.9 Å². The highest BCUT2D eigenvalue weighted by molar-refractivity contribution is 6.11. The molecule has 184 valence electrons. The van der Waals surface area contributed by atoms with Gasteiger partial charge in [-0.15, -0.1) is 0 Å². The van der Waals surface area contributed by atoms with Gasteiger partial charge in [-0.2, -0.15) is 0 Å². The number of unbranched alkanes of at least 4 members (excludes halogenated alkanes) is 5. The van der Waals surface area contributed by atoms with Gasteiger partial charge in [0, 0.05) is 11.3 Å². The van der Waals surface area contributed by atoms with Gasteiger partial charge in [-0.1, -0.05) is 69.4 Å². The fraction of sp³-hybridized carbons (Fsp3) is 0.310. The van der Waals surface area contributed by atoms with Crippen LogP contribution in [0.5, 0.6) is 17.2 Å². The number of nitrogens with one attached hydrogen (secondary N) is 1. The van der Waals surface area contributed by atoms with E-state index in [4.69, 9.17) is 14.2 Å². The molecule has 1 amide bonds. The lowest BCUT2D eigenvalue weighted by molar-refractivity contribution is 0.103. The number of anilines is 1. The van der Waals surface area contributed by atoms with E-state index in [1.165, 1.54) is 25.7 Å². The van der Waals surface area contributed by atoms with Crippen molar-refractivity contribution in [2.24, 2.45) is 0 Å². The highest BCUT2D eigenvalue weighted by atomic mass is 16.6. The van der Waals surface area contributed by atoms with Crippen LogP contribution in [0.25, 0.3) is 0 Å². The summed E-state index contributed by atoms with van der Waals surface area (Å²) in [6, 6.07) is 20.7. The molecule has 3 rings (SSSR count).